The van der Waals surface area contributed by atoms with Crippen molar-refractivity contribution in [2.45, 2.75) is 106 Å². The molecule has 0 radical (unpaired) electrons. The van der Waals surface area contributed by atoms with Crippen LogP contribution in [0.4, 0.5) is 0 Å². The van der Waals surface area contributed by atoms with Crippen LogP contribution in [0.3, 0.4) is 0 Å². The summed E-state index contributed by atoms with van der Waals surface area (Å²) in [5, 5.41) is 0. The molecule has 0 atom stereocenters. The molecule has 3 rings (SSSR count). The maximum Gasteiger partial charge on any atom is 0.0377 e. The fraction of sp³-hybridized carbons (Fsp3) is 0.400. The molecule has 0 aliphatic heterocycles. The molecule has 3 aromatic rings. The molecule has 0 saturated heterocycles. The molecule has 3 aromatic carbocycles. The van der Waals surface area contributed by atoms with Crippen molar-refractivity contribution >= 4 is 5.57 Å². The maximum absolute atomic E-state index is 4.22. The number of aryl methyl sites for hydroxylation is 1. The van der Waals surface area contributed by atoms with Gasteiger partial charge in [-0.25, -0.2) is 0 Å². The lowest BCUT2D eigenvalue weighted by Gasteiger charge is -2.31. The highest BCUT2D eigenvalue weighted by Gasteiger charge is 2.29. The highest BCUT2D eigenvalue weighted by Crippen LogP contribution is 2.37. The molecule has 0 N–H and O–H groups in total. The smallest absolute Gasteiger partial charge is 0.0377 e. The molecule has 0 aromatic heterocycles. The van der Waals surface area contributed by atoms with Crippen LogP contribution in [0, 0.1) is 0 Å². The van der Waals surface area contributed by atoms with Crippen molar-refractivity contribution in [1.29, 1.82) is 0 Å². The number of hydrogen-bond donors (Lipinski definition) is 0. The van der Waals surface area contributed by atoms with Crippen molar-refractivity contribution in [3.05, 3.63) is 138 Å². The Kier molecular flexibility index (Phi) is 20.0. The van der Waals surface area contributed by atoms with Gasteiger partial charge < -0.3 is 0 Å². The van der Waals surface area contributed by atoms with Crippen molar-refractivity contribution in [2.75, 3.05) is 0 Å². The zero-order chi connectivity index (χ0) is 30.4. The first-order valence-corrected chi connectivity index (χ1v) is 15.3. The largest absolute Gasteiger partial charge is 0.100 e. The molecule has 0 unspecified atom stereocenters. The number of unbranched alkanes of at least 4 members (excludes halogenated alkanes) is 4. The number of benzene rings is 3. The summed E-state index contributed by atoms with van der Waals surface area (Å²) in [6, 6.07) is 29.9. The van der Waals surface area contributed by atoms with Crippen molar-refractivity contribution in [2.24, 2.45) is 0 Å². The predicted octanol–water partition coefficient (Wildman–Crippen LogP) is 12.8. The van der Waals surface area contributed by atoms with E-state index in [4.69, 9.17) is 0 Å². The van der Waals surface area contributed by atoms with E-state index in [-0.39, 0.29) is 5.41 Å². The lowest BCUT2D eigenvalue weighted by molar-refractivity contribution is 0.640. The number of hydrogen-bond acceptors (Lipinski definition) is 0. The van der Waals surface area contributed by atoms with Crippen LogP contribution in [0.5, 0.6) is 0 Å². The number of rotatable bonds is 11. The van der Waals surface area contributed by atoms with Crippen LogP contribution in [-0.4, -0.2) is 0 Å². The second-order valence-corrected chi connectivity index (χ2v) is 10.7. The van der Waals surface area contributed by atoms with Gasteiger partial charge in [-0.1, -0.05) is 163 Å². The van der Waals surface area contributed by atoms with E-state index >= 15 is 0 Å². The van der Waals surface area contributed by atoms with Gasteiger partial charge >= 0.3 is 0 Å². The van der Waals surface area contributed by atoms with Crippen LogP contribution < -0.4 is 0 Å². The van der Waals surface area contributed by atoms with Gasteiger partial charge in [-0.15, -0.1) is 6.58 Å². The molecule has 0 spiro atoms. The first-order chi connectivity index (χ1) is 19.2. The van der Waals surface area contributed by atoms with Gasteiger partial charge in [0.05, 0.1) is 0 Å². The molecule has 0 bridgehead atoms. The lowest BCUT2D eigenvalue weighted by atomic mass is 9.72. The van der Waals surface area contributed by atoms with E-state index in [1.54, 1.807) is 0 Å². The van der Waals surface area contributed by atoms with Crippen molar-refractivity contribution in [3.8, 4) is 0 Å². The van der Waals surface area contributed by atoms with E-state index in [1.807, 2.05) is 39.8 Å². The Morgan fingerprint density at radius 2 is 1.12 bits per heavy atom. The third-order valence-corrected chi connectivity index (χ3v) is 6.88. The average molecular weight is 539 g/mol. The summed E-state index contributed by atoms with van der Waals surface area (Å²) in [5.41, 5.74) is 8.85. The zero-order valence-electron chi connectivity index (χ0n) is 27.2. The minimum Gasteiger partial charge on any atom is -0.100 e. The van der Waals surface area contributed by atoms with Gasteiger partial charge in [0.15, 0.2) is 0 Å². The summed E-state index contributed by atoms with van der Waals surface area (Å²) >= 11 is 0. The molecular formula is C40H58. The normalized spacial score (nSPS) is 10.0. The van der Waals surface area contributed by atoms with Gasteiger partial charge in [0, 0.05) is 5.41 Å². The summed E-state index contributed by atoms with van der Waals surface area (Å²) in [4.78, 5) is 0. The van der Waals surface area contributed by atoms with Gasteiger partial charge in [0.25, 0.3) is 0 Å². The fourth-order valence-electron chi connectivity index (χ4n) is 4.30. The van der Waals surface area contributed by atoms with Gasteiger partial charge in [0.1, 0.15) is 0 Å². The Hall–Kier alpha value is -3.12. The van der Waals surface area contributed by atoms with E-state index < -0.39 is 0 Å². The predicted molar refractivity (Wildman–Crippen MR) is 184 cm³/mol. The fourth-order valence-corrected chi connectivity index (χ4v) is 4.30. The van der Waals surface area contributed by atoms with Crippen LogP contribution in [0.15, 0.2) is 116 Å². The maximum atomic E-state index is 4.22. The standard InChI is InChI=1S/C17H18.C17H26.C4H8.C2H6/c1-14(2)17(3,15-10-6-4-7-11-15)16-12-8-5-9-13-16;1-4-6-7-8-9-11-15(3)17-13-10-12-16(5-2)14-17;1-4(2)3;1-2/h4-13H,1H2,2-3H3;10,12-14H,3-9,11H2,1-2H3;1H2,2-3H3;1-2H3. The molecule has 0 aliphatic carbocycles. The topological polar surface area (TPSA) is 0 Å². The summed E-state index contributed by atoms with van der Waals surface area (Å²) in [6.45, 7) is 28.7. The molecular weight excluding hydrogens is 480 g/mol. The van der Waals surface area contributed by atoms with Crippen LogP contribution in [-0.2, 0) is 11.8 Å². The Morgan fingerprint density at radius 1 is 0.650 bits per heavy atom. The van der Waals surface area contributed by atoms with Crippen LogP contribution in [0.1, 0.15) is 116 Å². The second-order valence-electron chi connectivity index (χ2n) is 10.7. The third kappa shape index (κ3) is 13.8. The van der Waals surface area contributed by atoms with E-state index in [2.05, 4.69) is 120 Å². The molecule has 0 aliphatic rings. The Labute approximate surface area is 249 Å². The van der Waals surface area contributed by atoms with Crippen molar-refractivity contribution in [1.82, 2.24) is 0 Å². The minimum absolute atomic E-state index is 0.109. The monoisotopic (exact) mass is 538 g/mol. The van der Waals surface area contributed by atoms with Gasteiger partial charge in [-0.2, -0.15) is 0 Å². The average Bonchev–Trinajstić information content (AvgIpc) is 2.98. The van der Waals surface area contributed by atoms with Gasteiger partial charge in [0.2, 0.25) is 0 Å². The van der Waals surface area contributed by atoms with Crippen LogP contribution in [0.25, 0.3) is 5.57 Å². The van der Waals surface area contributed by atoms with E-state index in [0.717, 1.165) is 18.4 Å². The minimum atomic E-state index is -0.109. The zero-order valence-corrected chi connectivity index (χ0v) is 27.2. The summed E-state index contributed by atoms with van der Waals surface area (Å²) in [5.74, 6) is 0. The highest BCUT2D eigenvalue weighted by atomic mass is 14.3. The molecule has 0 fully saturated rings. The molecule has 0 heterocycles. The molecule has 218 valence electrons. The summed E-state index contributed by atoms with van der Waals surface area (Å²) < 4.78 is 0. The Morgan fingerprint density at radius 3 is 1.55 bits per heavy atom. The van der Waals surface area contributed by atoms with E-state index in [9.17, 15) is 0 Å². The third-order valence-electron chi connectivity index (χ3n) is 6.88. The second kappa shape index (κ2) is 21.7. The molecule has 0 amide bonds. The summed E-state index contributed by atoms with van der Waals surface area (Å²) in [7, 11) is 0. The van der Waals surface area contributed by atoms with Crippen molar-refractivity contribution < 1.29 is 0 Å². The molecule has 0 heteroatoms. The lowest BCUT2D eigenvalue weighted by Crippen LogP contribution is -2.24. The van der Waals surface area contributed by atoms with Gasteiger partial charge in [-0.3, -0.25) is 0 Å². The van der Waals surface area contributed by atoms with Crippen LogP contribution >= 0.6 is 0 Å². The van der Waals surface area contributed by atoms with Gasteiger partial charge in [-0.05, 0) is 74.8 Å². The molecule has 0 saturated carbocycles. The Balaban J connectivity index is 0.000000636. The Bertz CT molecular complexity index is 1040. The van der Waals surface area contributed by atoms with Crippen molar-refractivity contribution in [3.63, 3.8) is 0 Å². The van der Waals surface area contributed by atoms with E-state index in [0.29, 0.717) is 0 Å². The number of allylic oxidation sites excluding steroid dienone is 3. The van der Waals surface area contributed by atoms with E-state index in [1.165, 1.54) is 65.5 Å². The van der Waals surface area contributed by atoms with Crippen LogP contribution in [0.2, 0.25) is 0 Å². The summed E-state index contributed by atoms with van der Waals surface area (Å²) in [6.07, 6.45) is 8.96. The molecule has 40 heavy (non-hydrogen) atoms. The SMILES string of the molecule is C=C(C)C.C=C(C)C(C)(c1ccccc1)c1ccccc1.C=C(CCCCCCC)c1cccc(CC)c1.CC. The first-order valence-electron chi connectivity index (χ1n) is 15.3. The quantitative estimate of drug-likeness (QED) is 0.168. The molecule has 0 nitrogen and oxygen atoms in total. The first kappa shape index (κ1) is 36.9. The highest BCUT2D eigenvalue weighted by molar-refractivity contribution is 5.63.